The molecule has 0 N–H and O–H groups in total. The lowest BCUT2D eigenvalue weighted by Gasteiger charge is -2.14. The molecular weight excluding hydrogens is 234 g/mol. The molecule has 1 rings (SSSR count). The largest absolute Gasteiger partial charge is 0.317 e. The van der Waals surface area contributed by atoms with Gasteiger partial charge in [-0.25, -0.2) is 0 Å². The van der Waals surface area contributed by atoms with Gasteiger partial charge in [-0.15, -0.1) is 15.3 Å². The lowest BCUT2D eigenvalue weighted by Crippen LogP contribution is -2.31. The normalized spacial score (nSPS) is 11.6. The molecule has 0 bridgehead atoms. The number of hydrogen-bond donors (Lipinski definition) is 0. The summed E-state index contributed by atoms with van der Waals surface area (Å²) in [5.41, 5.74) is 0.0810. The molecular formula is C8H12BrNOSi. The second kappa shape index (κ2) is 3.58. The number of nitrogens with zero attached hydrogens (tertiary/aromatic N) is 1. The van der Waals surface area contributed by atoms with E-state index in [2.05, 4.69) is 28.4 Å². The molecule has 0 saturated heterocycles. The van der Waals surface area contributed by atoms with Gasteiger partial charge in [0.1, 0.15) is 6.69 Å². The highest BCUT2D eigenvalue weighted by Gasteiger charge is 2.16. The first-order valence-electron chi connectivity index (χ1n) is 3.83. The van der Waals surface area contributed by atoms with Gasteiger partial charge in [0, 0.05) is 18.4 Å². The Morgan fingerprint density at radius 3 is 2.67 bits per heavy atom. The molecule has 1 aromatic rings. The Bertz CT molecular complexity index is 315. The van der Waals surface area contributed by atoms with Crippen LogP contribution in [0.15, 0.2) is 29.2 Å². The van der Waals surface area contributed by atoms with Gasteiger partial charge in [0.15, 0.2) is 0 Å². The molecule has 0 saturated carbocycles. The van der Waals surface area contributed by atoms with Gasteiger partial charge < -0.3 is 4.57 Å². The van der Waals surface area contributed by atoms with Crippen LogP contribution in [0.3, 0.4) is 0 Å². The summed E-state index contributed by atoms with van der Waals surface area (Å²) in [6.45, 7) is 2.99. The molecule has 0 radical (unpaired) electrons. The molecule has 0 aromatic carbocycles. The summed E-state index contributed by atoms with van der Waals surface area (Å²) in [7, 11) is 0. The quantitative estimate of drug-likeness (QED) is 0.577. The van der Waals surface area contributed by atoms with Gasteiger partial charge in [-0.05, 0) is 6.07 Å². The van der Waals surface area contributed by atoms with Crippen LogP contribution < -0.4 is 5.56 Å². The van der Waals surface area contributed by atoms with Crippen molar-refractivity contribution >= 4 is 22.0 Å². The summed E-state index contributed by atoms with van der Waals surface area (Å²) in [6.07, 6.45) is 2.66. The number of aromatic nitrogens is 1. The summed E-state index contributed by atoms with van der Waals surface area (Å²) in [5.74, 6) is 0. The van der Waals surface area contributed by atoms with E-state index in [1.807, 2.05) is 12.3 Å². The van der Waals surface area contributed by atoms with Crippen molar-refractivity contribution < 1.29 is 0 Å². The van der Waals surface area contributed by atoms with Gasteiger partial charge in [-0.2, -0.15) is 0 Å². The van der Waals surface area contributed by atoms with Crippen LogP contribution in [0.1, 0.15) is 0 Å². The van der Waals surface area contributed by atoms with Crippen LogP contribution in [0.4, 0.5) is 0 Å². The van der Waals surface area contributed by atoms with Crippen molar-refractivity contribution in [3.05, 3.63) is 34.7 Å². The maximum atomic E-state index is 11.3. The first kappa shape index (κ1) is 9.73. The predicted octanol–water partition coefficient (Wildman–Crippen LogP) is 1.99. The SMILES string of the molecule is C[Si](C)(Br)Cn1ccccc1=O. The molecule has 4 heteroatoms. The van der Waals surface area contributed by atoms with E-state index in [-0.39, 0.29) is 5.56 Å². The lowest BCUT2D eigenvalue weighted by molar-refractivity contribution is 0.815. The van der Waals surface area contributed by atoms with Crippen LogP contribution in [0.2, 0.25) is 13.1 Å². The van der Waals surface area contributed by atoms with Crippen molar-refractivity contribution in [1.29, 1.82) is 0 Å². The monoisotopic (exact) mass is 245 g/mol. The Morgan fingerprint density at radius 2 is 2.17 bits per heavy atom. The minimum Gasteiger partial charge on any atom is -0.317 e. The third kappa shape index (κ3) is 2.95. The number of hydrogen-bond acceptors (Lipinski definition) is 1. The maximum Gasteiger partial charge on any atom is 0.250 e. The fraction of sp³-hybridized carbons (Fsp3) is 0.375. The third-order valence-corrected chi connectivity index (χ3v) is 3.29. The molecule has 1 aromatic heterocycles. The first-order valence-corrected chi connectivity index (χ1v) is 9.30. The van der Waals surface area contributed by atoms with E-state index in [1.54, 1.807) is 16.7 Å². The summed E-state index contributed by atoms with van der Waals surface area (Å²) >= 11 is 3.63. The maximum absolute atomic E-state index is 11.3. The zero-order chi connectivity index (χ0) is 9.19. The van der Waals surface area contributed by atoms with Gasteiger partial charge in [0.25, 0.3) is 0 Å². The van der Waals surface area contributed by atoms with Crippen LogP contribution in [-0.4, -0.2) is 11.3 Å². The van der Waals surface area contributed by atoms with E-state index in [0.29, 0.717) is 0 Å². The van der Waals surface area contributed by atoms with Crippen molar-refractivity contribution in [2.24, 2.45) is 0 Å². The van der Waals surface area contributed by atoms with Gasteiger partial charge >= 0.3 is 0 Å². The Kier molecular flexibility index (Phi) is 2.90. The Labute approximate surface area is 80.8 Å². The molecule has 0 fully saturated rings. The van der Waals surface area contributed by atoms with Gasteiger partial charge in [0.2, 0.25) is 5.56 Å². The Hall–Kier alpha value is -0.353. The lowest BCUT2D eigenvalue weighted by atomic mass is 10.5. The van der Waals surface area contributed by atoms with Gasteiger partial charge in [-0.1, -0.05) is 19.2 Å². The summed E-state index contributed by atoms with van der Waals surface area (Å²) < 4.78 is 1.75. The third-order valence-electron chi connectivity index (χ3n) is 1.45. The molecule has 0 atom stereocenters. The molecule has 0 aliphatic carbocycles. The number of rotatable bonds is 2. The van der Waals surface area contributed by atoms with E-state index in [9.17, 15) is 4.79 Å². The van der Waals surface area contributed by atoms with Crippen LogP contribution in [0.25, 0.3) is 0 Å². The fourth-order valence-corrected chi connectivity index (χ4v) is 2.88. The molecule has 0 aliphatic rings. The number of halogens is 1. The smallest absolute Gasteiger partial charge is 0.250 e. The van der Waals surface area contributed by atoms with E-state index in [0.717, 1.165) is 6.17 Å². The highest BCUT2D eigenvalue weighted by molar-refractivity contribution is 9.26. The molecule has 0 amide bonds. The highest BCUT2D eigenvalue weighted by atomic mass is 79.9. The summed E-state index contributed by atoms with van der Waals surface area (Å²) in [6, 6.07) is 5.24. The predicted molar refractivity (Wildman–Crippen MR) is 57.1 cm³/mol. The minimum absolute atomic E-state index is 0.0810. The van der Waals surface area contributed by atoms with Crippen molar-refractivity contribution in [1.82, 2.24) is 4.57 Å². The van der Waals surface area contributed by atoms with E-state index < -0.39 is 6.69 Å². The molecule has 2 nitrogen and oxygen atoms in total. The van der Waals surface area contributed by atoms with Crippen molar-refractivity contribution in [3.8, 4) is 0 Å². The van der Waals surface area contributed by atoms with Crippen LogP contribution in [0.5, 0.6) is 0 Å². The second-order valence-corrected chi connectivity index (χ2v) is 13.6. The molecule has 0 spiro atoms. The van der Waals surface area contributed by atoms with Crippen molar-refractivity contribution in [3.63, 3.8) is 0 Å². The summed E-state index contributed by atoms with van der Waals surface area (Å²) in [4.78, 5) is 11.3. The van der Waals surface area contributed by atoms with E-state index in [1.165, 1.54) is 0 Å². The van der Waals surface area contributed by atoms with Crippen LogP contribution >= 0.6 is 15.3 Å². The number of pyridine rings is 1. The molecule has 1 heterocycles. The zero-order valence-electron chi connectivity index (χ0n) is 7.25. The van der Waals surface area contributed by atoms with Crippen molar-refractivity contribution in [2.75, 3.05) is 0 Å². The zero-order valence-corrected chi connectivity index (χ0v) is 9.84. The fourth-order valence-electron chi connectivity index (χ4n) is 0.996. The van der Waals surface area contributed by atoms with Gasteiger partial charge in [-0.3, -0.25) is 4.79 Å². The van der Waals surface area contributed by atoms with Gasteiger partial charge in [0.05, 0.1) is 0 Å². The van der Waals surface area contributed by atoms with Crippen molar-refractivity contribution in [2.45, 2.75) is 19.3 Å². The summed E-state index contributed by atoms with van der Waals surface area (Å²) in [5, 5.41) is 0. The second-order valence-electron chi connectivity index (χ2n) is 3.39. The topological polar surface area (TPSA) is 22.0 Å². The average Bonchev–Trinajstić information content (AvgIpc) is 1.91. The Morgan fingerprint density at radius 1 is 1.50 bits per heavy atom. The van der Waals surface area contributed by atoms with E-state index in [4.69, 9.17) is 0 Å². The molecule has 0 aliphatic heterocycles. The molecule has 12 heavy (non-hydrogen) atoms. The van der Waals surface area contributed by atoms with Crippen LogP contribution in [-0.2, 0) is 6.17 Å². The van der Waals surface area contributed by atoms with E-state index >= 15 is 0 Å². The minimum atomic E-state index is -1.35. The van der Waals surface area contributed by atoms with Crippen LogP contribution in [0, 0.1) is 0 Å². The molecule has 66 valence electrons. The highest BCUT2D eigenvalue weighted by Crippen LogP contribution is 2.11. The Balaban J connectivity index is 2.91. The first-order chi connectivity index (χ1) is 5.49. The molecule has 0 unspecified atom stereocenters. The average molecular weight is 246 g/mol. The standard InChI is InChI=1S/C8H12BrNOSi/c1-12(2,9)7-10-6-4-3-5-8(10)11/h3-6H,7H2,1-2H3.